The first-order chi connectivity index (χ1) is 15.2. The third-order valence-corrected chi connectivity index (χ3v) is 7.27. The van der Waals surface area contributed by atoms with E-state index in [1.807, 2.05) is 30.3 Å². The van der Waals surface area contributed by atoms with Gasteiger partial charge in [-0.2, -0.15) is 0 Å². The Morgan fingerprint density at radius 2 is 1.94 bits per heavy atom. The molecule has 0 amide bonds. The van der Waals surface area contributed by atoms with E-state index in [1.165, 1.54) is 6.42 Å². The highest BCUT2D eigenvalue weighted by Gasteiger charge is 2.53. The molecule has 0 bridgehead atoms. The highest BCUT2D eigenvalue weighted by atomic mass is 32.1. The number of aliphatic hydroxyl groups is 1. The highest BCUT2D eigenvalue weighted by molar-refractivity contribution is 7.22. The van der Waals surface area contributed by atoms with Crippen molar-refractivity contribution < 1.29 is 5.11 Å². The monoisotopic (exact) mass is 429 g/mol. The summed E-state index contributed by atoms with van der Waals surface area (Å²) in [6.45, 7) is 0.661. The maximum Gasteiger partial charge on any atom is 0.184 e. The molecule has 2 fully saturated rings. The standard InChI is InChI=1S/C24H23N5OS/c30-23-17-9-16(17)10-19(23)29-24-28-18-7-6-14(8-21(18)31-24)11-26-22-13-25-12-20(27-22)15-4-2-1-3-5-15/h1-8,12-13,16-17,19,23,30H,9-11H2,(H,26,27)(H,28,29)/t16-,17-,19-,23-/m1/s1. The number of thiazole rings is 1. The largest absolute Gasteiger partial charge is 0.391 e. The van der Waals surface area contributed by atoms with E-state index in [0.717, 1.165) is 44.4 Å². The number of rotatable bonds is 6. The van der Waals surface area contributed by atoms with Crippen LogP contribution in [0.5, 0.6) is 0 Å². The minimum Gasteiger partial charge on any atom is -0.391 e. The predicted molar refractivity (Wildman–Crippen MR) is 124 cm³/mol. The van der Waals surface area contributed by atoms with Crippen molar-refractivity contribution in [2.75, 3.05) is 10.6 Å². The van der Waals surface area contributed by atoms with Gasteiger partial charge >= 0.3 is 0 Å². The third-order valence-electron chi connectivity index (χ3n) is 6.32. The second-order valence-corrected chi connectivity index (χ2v) is 9.50. The Bertz CT molecular complexity index is 1230. The van der Waals surface area contributed by atoms with Crippen molar-refractivity contribution in [2.24, 2.45) is 11.8 Å². The minimum atomic E-state index is -0.232. The molecule has 2 saturated carbocycles. The first-order valence-corrected chi connectivity index (χ1v) is 11.5. The lowest BCUT2D eigenvalue weighted by Gasteiger charge is -2.18. The van der Waals surface area contributed by atoms with E-state index in [1.54, 1.807) is 23.7 Å². The SMILES string of the molecule is O[C@@H]1[C@@H]2C[C@@H]2C[C@H]1Nc1nc2ccc(CNc3cncc(-c4ccccc4)n3)cc2s1. The van der Waals surface area contributed by atoms with Gasteiger partial charge in [0.2, 0.25) is 0 Å². The minimum absolute atomic E-state index is 0.140. The molecule has 0 aliphatic heterocycles. The number of nitrogens with one attached hydrogen (secondary N) is 2. The number of benzene rings is 2. The van der Waals surface area contributed by atoms with Crippen molar-refractivity contribution in [3.05, 3.63) is 66.5 Å². The molecule has 0 radical (unpaired) electrons. The molecule has 2 aromatic heterocycles. The second-order valence-electron chi connectivity index (χ2n) is 8.47. The summed E-state index contributed by atoms with van der Waals surface area (Å²) in [6, 6.07) is 16.5. The number of aliphatic hydroxyl groups excluding tert-OH is 1. The topological polar surface area (TPSA) is 83.0 Å². The lowest BCUT2D eigenvalue weighted by Crippen LogP contribution is -2.31. The van der Waals surface area contributed by atoms with Gasteiger partial charge in [-0.15, -0.1) is 0 Å². The summed E-state index contributed by atoms with van der Waals surface area (Å²) in [5.74, 6) is 1.97. The lowest BCUT2D eigenvalue weighted by molar-refractivity contribution is 0.148. The van der Waals surface area contributed by atoms with Crippen LogP contribution in [0.3, 0.4) is 0 Å². The van der Waals surface area contributed by atoms with Crippen LogP contribution in [-0.2, 0) is 6.54 Å². The number of anilines is 2. The van der Waals surface area contributed by atoms with E-state index in [4.69, 9.17) is 4.98 Å². The summed E-state index contributed by atoms with van der Waals surface area (Å²) >= 11 is 1.65. The zero-order valence-electron chi connectivity index (χ0n) is 16.9. The molecule has 2 aliphatic rings. The molecule has 6 rings (SSSR count). The third kappa shape index (κ3) is 3.75. The Hall–Kier alpha value is -3.03. The molecule has 2 aliphatic carbocycles. The number of hydrogen-bond donors (Lipinski definition) is 3. The Labute approximate surface area is 184 Å². The van der Waals surface area contributed by atoms with Crippen LogP contribution in [0, 0.1) is 11.8 Å². The summed E-state index contributed by atoms with van der Waals surface area (Å²) < 4.78 is 1.14. The molecule has 4 atom stereocenters. The van der Waals surface area contributed by atoms with Gasteiger partial charge in [-0.05, 0) is 42.4 Å². The molecule has 7 heteroatoms. The van der Waals surface area contributed by atoms with Gasteiger partial charge < -0.3 is 15.7 Å². The summed E-state index contributed by atoms with van der Waals surface area (Å²) in [5, 5.41) is 18.1. The molecule has 156 valence electrons. The molecule has 4 aromatic rings. The quantitative estimate of drug-likeness (QED) is 0.417. The predicted octanol–water partition coefficient (Wildman–Crippen LogP) is 4.55. The Morgan fingerprint density at radius 1 is 1.03 bits per heavy atom. The van der Waals surface area contributed by atoms with Crippen molar-refractivity contribution >= 4 is 32.5 Å². The van der Waals surface area contributed by atoms with Crippen molar-refractivity contribution in [1.82, 2.24) is 15.0 Å². The van der Waals surface area contributed by atoms with Crippen molar-refractivity contribution in [3.8, 4) is 11.3 Å². The molecule has 0 saturated heterocycles. The van der Waals surface area contributed by atoms with E-state index in [9.17, 15) is 5.11 Å². The van der Waals surface area contributed by atoms with Crippen molar-refractivity contribution in [2.45, 2.75) is 31.5 Å². The first-order valence-electron chi connectivity index (χ1n) is 10.7. The summed E-state index contributed by atoms with van der Waals surface area (Å²) in [7, 11) is 0. The van der Waals surface area contributed by atoms with Gasteiger partial charge in [0.15, 0.2) is 5.13 Å². The van der Waals surface area contributed by atoms with Gasteiger partial charge in [0.1, 0.15) is 5.82 Å². The molecule has 0 spiro atoms. The average molecular weight is 430 g/mol. The zero-order chi connectivity index (χ0) is 20.8. The molecule has 2 aromatic carbocycles. The highest BCUT2D eigenvalue weighted by Crippen LogP contribution is 2.52. The smallest absolute Gasteiger partial charge is 0.184 e. The van der Waals surface area contributed by atoms with Crippen LogP contribution in [0.4, 0.5) is 10.9 Å². The fraction of sp³-hybridized carbons (Fsp3) is 0.292. The van der Waals surface area contributed by atoms with Gasteiger partial charge in [0, 0.05) is 12.1 Å². The molecule has 2 heterocycles. The Balaban J connectivity index is 1.14. The molecule has 3 N–H and O–H groups in total. The molecular formula is C24H23N5OS. The summed E-state index contributed by atoms with van der Waals surface area (Å²) in [5.41, 5.74) is 4.05. The van der Waals surface area contributed by atoms with Crippen molar-refractivity contribution in [3.63, 3.8) is 0 Å². The normalized spacial score (nSPS) is 24.2. The fourth-order valence-corrected chi connectivity index (χ4v) is 5.55. The van der Waals surface area contributed by atoms with E-state index >= 15 is 0 Å². The molecule has 6 nitrogen and oxygen atoms in total. The lowest BCUT2D eigenvalue weighted by atomic mass is 10.1. The summed E-state index contributed by atoms with van der Waals surface area (Å²) in [4.78, 5) is 13.7. The molecule has 31 heavy (non-hydrogen) atoms. The van der Waals surface area contributed by atoms with Crippen LogP contribution in [0.2, 0.25) is 0 Å². The van der Waals surface area contributed by atoms with Gasteiger partial charge in [0.05, 0.1) is 40.5 Å². The van der Waals surface area contributed by atoms with E-state index in [0.29, 0.717) is 18.4 Å². The van der Waals surface area contributed by atoms with Crippen LogP contribution in [0.25, 0.3) is 21.5 Å². The average Bonchev–Trinajstić information content (AvgIpc) is 3.36. The maximum absolute atomic E-state index is 10.3. The number of aromatic nitrogens is 3. The second kappa shape index (κ2) is 7.59. The van der Waals surface area contributed by atoms with E-state index in [2.05, 4.69) is 38.8 Å². The van der Waals surface area contributed by atoms with Gasteiger partial charge in [0.25, 0.3) is 0 Å². The number of hydrogen-bond acceptors (Lipinski definition) is 7. The van der Waals surface area contributed by atoms with Crippen LogP contribution in [-0.4, -0.2) is 32.2 Å². The Kier molecular flexibility index (Phi) is 4.58. The Morgan fingerprint density at radius 3 is 2.77 bits per heavy atom. The van der Waals surface area contributed by atoms with Gasteiger partial charge in [-0.3, -0.25) is 4.98 Å². The van der Waals surface area contributed by atoms with Crippen LogP contribution >= 0.6 is 11.3 Å². The van der Waals surface area contributed by atoms with Crippen LogP contribution in [0.1, 0.15) is 18.4 Å². The number of fused-ring (bicyclic) bond motifs is 2. The van der Waals surface area contributed by atoms with Gasteiger partial charge in [-0.25, -0.2) is 9.97 Å². The fourth-order valence-electron chi connectivity index (χ4n) is 4.56. The van der Waals surface area contributed by atoms with Crippen molar-refractivity contribution in [1.29, 1.82) is 0 Å². The molecule has 0 unspecified atom stereocenters. The molecular weight excluding hydrogens is 406 g/mol. The van der Waals surface area contributed by atoms with Gasteiger partial charge in [-0.1, -0.05) is 47.7 Å². The van der Waals surface area contributed by atoms with Crippen LogP contribution < -0.4 is 10.6 Å². The van der Waals surface area contributed by atoms with E-state index in [-0.39, 0.29) is 12.1 Å². The number of nitrogens with zero attached hydrogens (tertiary/aromatic N) is 3. The maximum atomic E-state index is 10.3. The first kappa shape index (κ1) is 18.7. The summed E-state index contributed by atoms with van der Waals surface area (Å²) in [6.07, 6.45) is 5.54. The van der Waals surface area contributed by atoms with E-state index < -0.39 is 0 Å². The van der Waals surface area contributed by atoms with Crippen LogP contribution in [0.15, 0.2) is 60.9 Å². The zero-order valence-corrected chi connectivity index (χ0v) is 17.7.